The molecule has 4 atom stereocenters. The molecule has 6 fully saturated rings. The van der Waals surface area contributed by atoms with Gasteiger partial charge in [-0.1, -0.05) is 0 Å². The highest BCUT2D eigenvalue weighted by Crippen LogP contribution is 2.41. The predicted octanol–water partition coefficient (Wildman–Crippen LogP) is 0.474. The highest BCUT2D eigenvalue weighted by Gasteiger charge is 2.51. The van der Waals surface area contributed by atoms with Crippen LogP contribution in [0.2, 0.25) is 0 Å². The summed E-state index contributed by atoms with van der Waals surface area (Å²) >= 11 is 0. The van der Waals surface area contributed by atoms with E-state index in [4.69, 9.17) is 0 Å². The Morgan fingerprint density at radius 3 is 1.56 bits per heavy atom. The van der Waals surface area contributed by atoms with Crippen molar-refractivity contribution < 1.29 is 9.59 Å². The van der Waals surface area contributed by atoms with Crippen molar-refractivity contribution in [2.45, 2.75) is 37.8 Å². The average molecular weight is 222 g/mol. The largest absolute Gasteiger partial charge is 0.342 e. The third-order valence-electron chi connectivity index (χ3n) is 4.80. The van der Waals surface area contributed by atoms with Gasteiger partial charge >= 0.3 is 0 Å². The van der Waals surface area contributed by atoms with E-state index in [0.29, 0.717) is 0 Å². The van der Waals surface area contributed by atoms with Gasteiger partial charge in [0.05, 0.1) is 11.8 Å². The van der Waals surface area contributed by atoms with Gasteiger partial charge in [-0.25, -0.2) is 0 Å². The Kier molecular flexibility index (Phi) is 2.03. The molecule has 0 N–H and O–H groups in total. The number of piperidine rings is 2. The Labute approximate surface area is 95.6 Å². The first kappa shape index (κ1) is 10.1. The second-order valence-corrected chi connectivity index (χ2v) is 5.40. The van der Waals surface area contributed by atoms with Gasteiger partial charge in [0, 0.05) is 26.2 Å². The van der Waals surface area contributed by atoms with Crippen LogP contribution in [0.15, 0.2) is 0 Å². The summed E-state index contributed by atoms with van der Waals surface area (Å²) < 4.78 is 0. The lowest BCUT2D eigenvalue weighted by atomic mass is 9.71. The lowest BCUT2D eigenvalue weighted by Crippen LogP contribution is -2.64. The van der Waals surface area contributed by atoms with E-state index in [2.05, 4.69) is 0 Å². The summed E-state index contributed by atoms with van der Waals surface area (Å²) in [7, 11) is 3.74. The molecule has 5 saturated heterocycles. The van der Waals surface area contributed by atoms with Crippen LogP contribution in [0.1, 0.15) is 25.7 Å². The van der Waals surface area contributed by atoms with Crippen molar-refractivity contribution in [2.75, 3.05) is 14.1 Å². The quantitative estimate of drug-likeness (QED) is 0.598. The van der Waals surface area contributed by atoms with Crippen LogP contribution in [0, 0.1) is 11.8 Å². The fourth-order valence-electron chi connectivity index (χ4n) is 3.84. The molecule has 0 aromatic heterocycles. The minimum absolute atomic E-state index is 0.0523. The van der Waals surface area contributed by atoms with Gasteiger partial charge < -0.3 is 9.80 Å². The van der Waals surface area contributed by atoms with Gasteiger partial charge in [-0.05, 0) is 25.7 Å². The third kappa shape index (κ3) is 1.10. The highest BCUT2D eigenvalue weighted by atomic mass is 16.2. The van der Waals surface area contributed by atoms with Gasteiger partial charge in [-0.2, -0.15) is 0 Å². The number of carbonyl (C=O) groups is 2. The Balaban J connectivity index is 2.06. The van der Waals surface area contributed by atoms with E-state index in [1.807, 2.05) is 23.9 Å². The number of carbonyl (C=O) groups excluding carboxylic acids is 2. The second kappa shape index (κ2) is 3.22. The minimum atomic E-state index is 0.0523. The van der Waals surface area contributed by atoms with E-state index in [1.54, 1.807) is 0 Å². The lowest BCUT2D eigenvalue weighted by Gasteiger charge is -2.52. The van der Waals surface area contributed by atoms with E-state index in [0.717, 1.165) is 25.7 Å². The topological polar surface area (TPSA) is 40.6 Å². The van der Waals surface area contributed by atoms with Gasteiger partial charge in [0.1, 0.15) is 0 Å². The number of rotatable bonds is 0. The van der Waals surface area contributed by atoms with Crippen LogP contribution in [-0.4, -0.2) is 47.8 Å². The molecular formula is C12H18N2O2. The predicted molar refractivity (Wildman–Crippen MR) is 58.6 cm³/mol. The van der Waals surface area contributed by atoms with Gasteiger partial charge in [-0.3, -0.25) is 9.59 Å². The standard InChI is InChI=1S/C12H18N2O2/c1-13-9-5-3-8(11(13)15)10-6-4-7(9)12(16)14(10)2/h7-10H,3-6H2,1-2H3. The van der Waals surface area contributed by atoms with Gasteiger partial charge in [0.2, 0.25) is 11.8 Å². The van der Waals surface area contributed by atoms with Crippen LogP contribution in [0.25, 0.3) is 0 Å². The van der Waals surface area contributed by atoms with Crippen LogP contribution in [0.5, 0.6) is 0 Å². The van der Waals surface area contributed by atoms with Crippen LogP contribution in [0.4, 0.5) is 0 Å². The van der Waals surface area contributed by atoms with Crippen LogP contribution < -0.4 is 0 Å². The molecule has 5 heterocycles. The summed E-state index contributed by atoms with van der Waals surface area (Å²) in [6.45, 7) is 0. The normalized spacial score (nSPS) is 42.6. The van der Waals surface area contributed by atoms with Gasteiger partial charge in [0.15, 0.2) is 0 Å². The highest BCUT2D eigenvalue weighted by molar-refractivity contribution is 5.87. The maximum absolute atomic E-state index is 12.2. The molecule has 0 aromatic rings. The number of hydrogen-bond acceptors (Lipinski definition) is 2. The third-order valence-corrected chi connectivity index (χ3v) is 4.80. The summed E-state index contributed by atoms with van der Waals surface area (Å²) in [5.74, 6) is 0.614. The Morgan fingerprint density at radius 1 is 0.812 bits per heavy atom. The zero-order valence-electron chi connectivity index (χ0n) is 9.85. The van der Waals surface area contributed by atoms with Crippen molar-refractivity contribution in [3.8, 4) is 0 Å². The van der Waals surface area contributed by atoms with Crippen molar-refractivity contribution in [3.63, 3.8) is 0 Å². The SMILES string of the molecule is CN1C(=O)C2CCC1C1CCC2N(C)C1=O. The van der Waals surface area contributed by atoms with Crippen molar-refractivity contribution in [1.82, 2.24) is 9.80 Å². The molecule has 2 amide bonds. The minimum Gasteiger partial charge on any atom is -0.342 e. The van der Waals surface area contributed by atoms with E-state index in [-0.39, 0.29) is 35.7 Å². The smallest absolute Gasteiger partial charge is 0.227 e. The second-order valence-electron chi connectivity index (χ2n) is 5.40. The molecule has 5 aliphatic heterocycles. The van der Waals surface area contributed by atoms with E-state index >= 15 is 0 Å². The molecule has 1 aliphatic carbocycles. The molecule has 4 nitrogen and oxygen atoms in total. The first-order valence-corrected chi connectivity index (χ1v) is 6.14. The fraction of sp³-hybridized carbons (Fsp3) is 0.833. The summed E-state index contributed by atoms with van der Waals surface area (Å²) in [6, 6.07) is 0.305. The van der Waals surface area contributed by atoms with Crippen LogP contribution in [-0.2, 0) is 9.59 Å². The average Bonchev–Trinajstić information content (AvgIpc) is 2.23. The van der Waals surface area contributed by atoms with Gasteiger partial charge in [0.25, 0.3) is 0 Å². The first-order valence-electron chi connectivity index (χ1n) is 6.14. The molecule has 6 aliphatic rings. The van der Waals surface area contributed by atoms with Crippen LogP contribution in [0.3, 0.4) is 0 Å². The summed E-state index contributed by atoms with van der Waals surface area (Å²) in [5.41, 5.74) is 0. The number of amides is 2. The van der Waals surface area contributed by atoms with Crippen molar-refractivity contribution in [3.05, 3.63) is 0 Å². The molecule has 16 heavy (non-hydrogen) atoms. The van der Waals surface area contributed by atoms with Crippen molar-refractivity contribution in [1.29, 1.82) is 0 Å². The zero-order chi connectivity index (χ0) is 11.4. The first-order chi connectivity index (χ1) is 7.61. The summed E-state index contributed by atoms with van der Waals surface area (Å²) in [4.78, 5) is 28.1. The summed E-state index contributed by atoms with van der Waals surface area (Å²) in [5, 5.41) is 0. The maximum atomic E-state index is 12.2. The number of hydrogen-bond donors (Lipinski definition) is 0. The van der Waals surface area contributed by atoms with E-state index in [9.17, 15) is 9.59 Å². The van der Waals surface area contributed by atoms with E-state index in [1.165, 1.54) is 0 Å². The fourth-order valence-corrected chi connectivity index (χ4v) is 3.84. The molecule has 0 spiro atoms. The van der Waals surface area contributed by atoms with Gasteiger partial charge in [-0.15, -0.1) is 0 Å². The summed E-state index contributed by atoms with van der Waals surface area (Å²) in [6.07, 6.45) is 3.94. The molecule has 0 radical (unpaired) electrons. The zero-order valence-corrected chi connectivity index (χ0v) is 9.85. The lowest BCUT2D eigenvalue weighted by molar-refractivity contribution is -0.163. The van der Waals surface area contributed by atoms with E-state index < -0.39 is 0 Å². The molecule has 6 rings (SSSR count). The molecule has 4 heteroatoms. The Bertz CT molecular complexity index is 321. The molecule has 4 unspecified atom stereocenters. The molecule has 88 valence electrons. The molecular weight excluding hydrogens is 204 g/mol. The van der Waals surface area contributed by atoms with Crippen molar-refractivity contribution in [2.24, 2.45) is 11.8 Å². The maximum Gasteiger partial charge on any atom is 0.227 e. The number of nitrogens with zero attached hydrogens (tertiary/aromatic N) is 2. The molecule has 4 bridgehead atoms. The monoisotopic (exact) mass is 222 g/mol. The molecule has 0 aromatic carbocycles. The van der Waals surface area contributed by atoms with Crippen LogP contribution >= 0.6 is 0 Å². The van der Waals surface area contributed by atoms with Crippen molar-refractivity contribution >= 4 is 11.8 Å². The molecule has 1 saturated carbocycles. The Morgan fingerprint density at radius 2 is 1.19 bits per heavy atom. The Hall–Kier alpha value is -1.06.